The zero-order valence-electron chi connectivity index (χ0n) is 10.1. The SMILES string of the molecule is C=CCNC(=O)N1CCN(C(=O)OCC)CC1. The Labute approximate surface area is 101 Å². The van der Waals surface area contributed by atoms with E-state index in [9.17, 15) is 9.59 Å². The van der Waals surface area contributed by atoms with Crippen molar-refractivity contribution < 1.29 is 14.3 Å². The number of ether oxygens (including phenoxy) is 1. The van der Waals surface area contributed by atoms with Crippen molar-refractivity contribution >= 4 is 12.1 Å². The molecule has 0 atom stereocenters. The summed E-state index contributed by atoms with van der Waals surface area (Å²) in [5, 5.41) is 2.71. The van der Waals surface area contributed by atoms with Crippen LogP contribution in [0, 0.1) is 0 Å². The van der Waals surface area contributed by atoms with Crippen molar-refractivity contribution in [2.75, 3.05) is 39.3 Å². The van der Waals surface area contributed by atoms with Crippen LogP contribution < -0.4 is 5.32 Å². The van der Waals surface area contributed by atoms with E-state index in [1.807, 2.05) is 0 Å². The second-order valence-electron chi connectivity index (χ2n) is 3.65. The molecular formula is C11H19N3O3. The fourth-order valence-electron chi connectivity index (χ4n) is 1.58. The van der Waals surface area contributed by atoms with Crippen LogP contribution in [0.3, 0.4) is 0 Å². The summed E-state index contributed by atoms with van der Waals surface area (Å²) in [4.78, 5) is 26.3. The molecule has 1 fully saturated rings. The summed E-state index contributed by atoms with van der Waals surface area (Å²) in [5.41, 5.74) is 0. The van der Waals surface area contributed by atoms with Crippen molar-refractivity contribution in [3.05, 3.63) is 12.7 Å². The molecule has 0 aliphatic carbocycles. The first-order valence-corrected chi connectivity index (χ1v) is 5.74. The van der Waals surface area contributed by atoms with Gasteiger partial charge in [-0.15, -0.1) is 6.58 Å². The number of carbonyl (C=O) groups is 2. The molecule has 0 aromatic rings. The largest absolute Gasteiger partial charge is 0.450 e. The van der Waals surface area contributed by atoms with Gasteiger partial charge >= 0.3 is 12.1 Å². The number of hydrogen-bond donors (Lipinski definition) is 1. The fraction of sp³-hybridized carbons (Fsp3) is 0.636. The Morgan fingerprint density at radius 3 is 2.41 bits per heavy atom. The molecule has 0 saturated carbocycles. The van der Waals surface area contributed by atoms with Gasteiger partial charge in [0.25, 0.3) is 0 Å². The summed E-state index contributed by atoms with van der Waals surface area (Å²) in [6.07, 6.45) is 1.32. The highest BCUT2D eigenvalue weighted by Gasteiger charge is 2.24. The van der Waals surface area contributed by atoms with Gasteiger partial charge in [0, 0.05) is 32.7 Å². The van der Waals surface area contributed by atoms with Gasteiger partial charge in [0.1, 0.15) is 0 Å². The highest BCUT2D eigenvalue weighted by Crippen LogP contribution is 2.03. The second kappa shape index (κ2) is 6.78. The first kappa shape index (κ1) is 13.3. The monoisotopic (exact) mass is 241 g/mol. The summed E-state index contributed by atoms with van der Waals surface area (Å²) < 4.78 is 4.90. The van der Waals surface area contributed by atoms with Crippen molar-refractivity contribution in [3.63, 3.8) is 0 Å². The fourth-order valence-corrected chi connectivity index (χ4v) is 1.58. The Morgan fingerprint density at radius 1 is 1.29 bits per heavy atom. The number of nitrogens with zero attached hydrogens (tertiary/aromatic N) is 2. The van der Waals surface area contributed by atoms with Gasteiger partial charge in [-0.2, -0.15) is 0 Å². The number of urea groups is 1. The minimum absolute atomic E-state index is 0.117. The molecule has 1 aliphatic rings. The van der Waals surface area contributed by atoms with E-state index in [-0.39, 0.29) is 12.1 Å². The molecule has 1 heterocycles. The lowest BCUT2D eigenvalue weighted by molar-refractivity contribution is 0.0853. The quantitative estimate of drug-likeness (QED) is 0.738. The molecular weight excluding hydrogens is 222 g/mol. The maximum absolute atomic E-state index is 11.6. The number of nitrogens with one attached hydrogen (secondary N) is 1. The Bertz CT molecular complexity index is 286. The summed E-state index contributed by atoms with van der Waals surface area (Å²) in [7, 11) is 0. The summed E-state index contributed by atoms with van der Waals surface area (Å²) in [6.45, 7) is 8.22. The molecule has 6 heteroatoms. The molecule has 0 spiro atoms. The Hall–Kier alpha value is -1.72. The number of amides is 3. The van der Waals surface area contributed by atoms with Gasteiger partial charge in [-0.1, -0.05) is 6.08 Å². The van der Waals surface area contributed by atoms with Crippen LogP contribution in [0.4, 0.5) is 9.59 Å². The van der Waals surface area contributed by atoms with Gasteiger partial charge in [0.2, 0.25) is 0 Å². The van der Waals surface area contributed by atoms with E-state index in [1.54, 1.807) is 22.8 Å². The second-order valence-corrected chi connectivity index (χ2v) is 3.65. The van der Waals surface area contributed by atoms with Crippen LogP contribution in [0.1, 0.15) is 6.92 Å². The van der Waals surface area contributed by atoms with E-state index in [4.69, 9.17) is 4.74 Å². The molecule has 1 rings (SSSR count). The molecule has 1 N–H and O–H groups in total. The van der Waals surface area contributed by atoms with E-state index < -0.39 is 0 Å². The van der Waals surface area contributed by atoms with Crippen molar-refractivity contribution in [2.24, 2.45) is 0 Å². The third-order valence-electron chi connectivity index (χ3n) is 2.49. The van der Waals surface area contributed by atoms with Crippen LogP contribution in [-0.4, -0.2) is 61.3 Å². The summed E-state index contributed by atoms with van der Waals surface area (Å²) in [6, 6.07) is -0.117. The van der Waals surface area contributed by atoms with Crippen LogP contribution in [-0.2, 0) is 4.74 Å². The van der Waals surface area contributed by atoms with Crippen molar-refractivity contribution in [3.8, 4) is 0 Å². The van der Waals surface area contributed by atoms with E-state index in [0.717, 1.165) is 0 Å². The number of piperazine rings is 1. The summed E-state index contributed by atoms with van der Waals surface area (Å²) >= 11 is 0. The summed E-state index contributed by atoms with van der Waals surface area (Å²) in [5.74, 6) is 0. The zero-order valence-corrected chi connectivity index (χ0v) is 10.1. The van der Waals surface area contributed by atoms with Crippen LogP contribution in [0.25, 0.3) is 0 Å². The lowest BCUT2D eigenvalue weighted by Gasteiger charge is -2.33. The van der Waals surface area contributed by atoms with Gasteiger partial charge in [0.15, 0.2) is 0 Å². The van der Waals surface area contributed by atoms with Gasteiger partial charge < -0.3 is 19.9 Å². The van der Waals surface area contributed by atoms with Crippen LogP contribution in [0.5, 0.6) is 0 Å². The molecule has 1 aliphatic heterocycles. The smallest absolute Gasteiger partial charge is 0.409 e. The lowest BCUT2D eigenvalue weighted by Crippen LogP contribution is -2.53. The average Bonchev–Trinajstić information content (AvgIpc) is 2.36. The Morgan fingerprint density at radius 2 is 1.88 bits per heavy atom. The topological polar surface area (TPSA) is 61.9 Å². The molecule has 6 nitrogen and oxygen atoms in total. The first-order chi connectivity index (χ1) is 8.19. The molecule has 17 heavy (non-hydrogen) atoms. The molecule has 0 radical (unpaired) electrons. The maximum Gasteiger partial charge on any atom is 0.409 e. The van der Waals surface area contributed by atoms with E-state index >= 15 is 0 Å². The van der Waals surface area contributed by atoms with Crippen LogP contribution >= 0.6 is 0 Å². The molecule has 3 amide bonds. The highest BCUT2D eigenvalue weighted by molar-refractivity contribution is 5.75. The molecule has 1 saturated heterocycles. The number of carbonyl (C=O) groups excluding carboxylic acids is 2. The standard InChI is InChI=1S/C11H19N3O3/c1-3-5-12-10(15)13-6-8-14(9-7-13)11(16)17-4-2/h3H,1,4-9H2,2H3,(H,12,15). The molecule has 0 aromatic carbocycles. The lowest BCUT2D eigenvalue weighted by atomic mass is 10.3. The predicted octanol–water partition coefficient (Wildman–Crippen LogP) is 0.656. The van der Waals surface area contributed by atoms with E-state index in [0.29, 0.717) is 39.3 Å². The Balaban J connectivity index is 2.32. The number of rotatable bonds is 3. The minimum atomic E-state index is -0.307. The van der Waals surface area contributed by atoms with Crippen LogP contribution in [0.2, 0.25) is 0 Å². The first-order valence-electron chi connectivity index (χ1n) is 5.74. The van der Waals surface area contributed by atoms with Crippen molar-refractivity contribution in [2.45, 2.75) is 6.92 Å². The van der Waals surface area contributed by atoms with Gasteiger partial charge in [-0.05, 0) is 6.92 Å². The number of hydrogen-bond acceptors (Lipinski definition) is 3. The third kappa shape index (κ3) is 3.97. The maximum atomic E-state index is 11.6. The third-order valence-corrected chi connectivity index (χ3v) is 2.49. The Kier molecular flexibility index (Phi) is 5.32. The predicted molar refractivity (Wildman–Crippen MR) is 63.8 cm³/mol. The molecule has 0 unspecified atom stereocenters. The van der Waals surface area contributed by atoms with Crippen molar-refractivity contribution in [1.29, 1.82) is 0 Å². The molecule has 0 aromatic heterocycles. The molecule has 96 valence electrons. The van der Waals surface area contributed by atoms with Crippen molar-refractivity contribution in [1.82, 2.24) is 15.1 Å². The normalized spacial score (nSPS) is 15.4. The van der Waals surface area contributed by atoms with Gasteiger partial charge in [0.05, 0.1) is 6.61 Å². The van der Waals surface area contributed by atoms with Gasteiger partial charge in [-0.25, -0.2) is 9.59 Å². The minimum Gasteiger partial charge on any atom is -0.450 e. The van der Waals surface area contributed by atoms with E-state index in [1.165, 1.54) is 0 Å². The van der Waals surface area contributed by atoms with Gasteiger partial charge in [-0.3, -0.25) is 0 Å². The average molecular weight is 241 g/mol. The molecule has 0 bridgehead atoms. The highest BCUT2D eigenvalue weighted by atomic mass is 16.6. The van der Waals surface area contributed by atoms with E-state index in [2.05, 4.69) is 11.9 Å². The van der Waals surface area contributed by atoms with Crippen LogP contribution in [0.15, 0.2) is 12.7 Å². The zero-order chi connectivity index (χ0) is 12.7.